The zero-order valence-electron chi connectivity index (χ0n) is 8.44. The molecule has 2 N–H and O–H groups in total. The van der Waals surface area contributed by atoms with Gasteiger partial charge in [0.1, 0.15) is 0 Å². The van der Waals surface area contributed by atoms with Crippen LogP contribution in [0.5, 0.6) is 0 Å². The lowest BCUT2D eigenvalue weighted by Crippen LogP contribution is -2.35. The van der Waals surface area contributed by atoms with E-state index in [1.807, 2.05) is 56.3 Å². The van der Waals surface area contributed by atoms with Crippen molar-refractivity contribution >= 4 is 17.4 Å². The number of hydrogen-bond acceptors (Lipinski definition) is 2. The van der Waals surface area contributed by atoms with Crippen LogP contribution in [0.25, 0.3) is 6.08 Å². The molecule has 0 aromatic heterocycles. The summed E-state index contributed by atoms with van der Waals surface area (Å²) >= 11 is -1.34. The SMILES string of the molecule is CC(C)(/C=C/c1ccccc1)[S+](N)[O-]. The molecule has 0 fully saturated rings. The Kier molecular flexibility index (Phi) is 3.75. The molecule has 0 saturated carbocycles. The van der Waals surface area contributed by atoms with Crippen LogP contribution >= 0.6 is 0 Å². The van der Waals surface area contributed by atoms with Gasteiger partial charge in [-0.25, -0.2) is 0 Å². The Morgan fingerprint density at radius 3 is 2.36 bits per heavy atom. The zero-order chi connectivity index (χ0) is 10.6. The summed E-state index contributed by atoms with van der Waals surface area (Å²) < 4.78 is 10.6. The Bertz CT molecular complexity index is 306. The van der Waals surface area contributed by atoms with Gasteiger partial charge in [-0.05, 0) is 25.5 Å². The van der Waals surface area contributed by atoms with Crippen LogP contribution in [-0.2, 0) is 11.4 Å². The van der Waals surface area contributed by atoms with E-state index in [4.69, 9.17) is 5.14 Å². The summed E-state index contributed by atoms with van der Waals surface area (Å²) in [7, 11) is 0. The quantitative estimate of drug-likeness (QED) is 0.775. The average molecular weight is 209 g/mol. The number of rotatable bonds is 3. The average Bonchev–Trinajstić information content (AvgIpc) is 2.16. The maximum absolute atomic E-state index is 11.1. The maximum atomic E-state index is 11.1. The smallest absolute Gasteiger partial charge is 0.157 e. The fourth-order valence-corrected chi connectivity index (χ4v) is 1.13. The molecule has 0 radical (unpaired) electrons. The highest BCUT2D eigenvalue weighted by Crippen LogP contribution is 2.16. The van der Waals surface area contributed by atoms with E-state index in [0.717, 1.165) is 5.56 Å². The summed E-state index contributed by atoms with van der Waals surface area (Å²) in [5, 5.41) is 5.36. The Hall–Kier alpha value is -0.770. The lowest BCUT2D eigenvalue weighted by Gasteiger charge is -2.19. The summed E-state index contributed by atoms with van der Waals surface area (Å²) in [6, 6.07) is 9.87. The minimum Gasteiger partial charge on any atom is -0.598 e. The number of nitrogens with two attached hydrogens (primary N) is 1. The molecule has 0 spiro atoms. The first-order chi connectivity index (χ1) is 6.52. The van der Waals surface area contributed by atoms with Crippen LogP contribution in [0.4, 0.5) is 0 Å². The van der Waals surface area contributed by atoms with E-state index in [1.54, 1.807) is 0 Å². The molecule has 76 valence electrons. The summed E-state index contributed by atoms with van der Waals surface area (Å²) in [6.45, 7) is 3.70. The second-order valence-corrected chi connectivity index (χ2v) is 5.29. The lowest BCUT2D eigenvalue weighted by molar-refractivity contribution is 0.573. The largest absolute Gasteiger partial charge is 0.598 e. The molecule has 0 heterocycles. The molecule has 0 aliphatic rings. The minimum absolute atomic E-state index is 0.476. The van der Waals surface area contributed by atoms with E-state index < -0.39 is 16.1 Å². The Labute approximate surface area is 88.1 Å². The third-order valence-electron chi connectivity index (χ3n) is 2.00. The van der Waals surface area contributed by atoms with Crippen molar-refractivity contribution < 1.29 is 4.55 Å². The van der Waals surface area contributed by atoms with Crippen molar-refractivity contribution in [3.05, 3.63) is 42.0 Å². The third-order valence-corrected chi connectivity index (χ3v) is 3.17. The van der Waals surface area contributed by atoms with Gasteiger partial charge in [0.2, 0.25) is 0 Å². The lowest BCUT2D eigenvalue weighted by atomic mass is 10.1. The predicted molar refractivity (Wildman–Crippen MR) is 61.9 cm³/mol. The van der Waals surface area contributed by atoms with E-state index in [1.165, 1.54) is 0 Å². The molecule has 2 nitrogen and oxygen atoms in total. The first kappa shape index (κ1) is 11.3. The molecule has 0 aliphatic heterocycles. The van der Waals surface area contributed by atoms with E-state index in [0.29, 0.717) is 0 Å². The van der Waals surface area contributed by atoms with Gasteiger partial charge in [-0.15, -0.1) is 0 Å². The van der Waals surface area contributed by atoms with Gasteiger partial charge in [0, 0.05) is 11.4 Å². The fraction of sp³-hybridized carbons (Fsp3) is 0.273. The van der Waals surface area contributed by atoms with Crippen LogP contribution < -0.4 is 5.14 Å². The molecule has 1 atom stereocenters. The van der Waals surface area contributed by atoms with Crippen LogP contribution in [0.15, 0.2) is 36.4 Å². The highest BCUT2D eigenvalue weighted by atomic mass is 32.2. The molecule has 3 heteroatoms. The van der Waals surface area contributed by atoms with Crippen LogP contribution in [0.3, 0.4) is 0 Å². The van der Waals surface area contributed by atoms with E-state index >= 15 is 0 Å². The second kappa shape index (κ2) is 4.64. The van der Waals surface area contributed by atoms with Crippen molar-refractivity contribution in [3.63, 3.8) is 0 Å². The van der Waals surface area contributed by atoms with E-state index in [-0.39, 0.29) is 0 Å². The van der Waals surface area contributed by atoms with Crippen molar-refractivity contribution in [2.24, 2.45) is 5.14 Å². The molecule has 0 bridgehead atoms. The van der Waals surface area contributed by atoms with Crippen LogP contribution in [0, 0.1) is 0 Å². The van der Waals surface area contributed by atoms with Gasteiger partial charge >= 0.3 is 0 Å². The van der Waals surface area contributed by atoms with Gasteiger partial charge in [0.15, 0.2) is 4.75 Å². The first-order valence-electron chi connectivity index (χ1n) is 4.43. The van der Waals surface area contributed by atoms with E-state index in [2.05, 4.69) is 0 Å². The van der Waals surface area contributed by atoms with Crippen molar-refractivity contribution in [3.8, 4) is 0 Å². The van der Waals surface area contributed by atoms with Gasteiger partial charge in [-0.3, -0.25) is 0 Å². The van der Waals surface area contributed by atoms with E-state index in [9.17, 15) is 4.55 Å². The van der Waals surface area contributed by atoms with Crippen molar-refractivity contribution in [2.45, 2.75) is 18.6 Å². The molecule has 0 amide bonds. The van der Waals surface area contributed by atoms with Crippen LogP contribution in [0.2, 0.25) is 0 Å². The van der Waals surface area contributed by atoms with Crippen molar-refractivity contribution in [1.29, 1.82) is 0 Å². The zero-order valence-corrected chi connectivity index (χ0v) is 9.25. The molecule has 1 aromatic carbocycles. The molecular formula is C11H15NOS. The third kappa shape index (κ3) is 3.18. The van der Waals surface area contributed by atoms with Gasteiger partial charge in [-0.1, -0.05) is 36.4 Å². The molecular weight excluding hydrogens is 194 g/mol. The molecule has 1 aromatic rings. The highest BCUT2D eigenvalue weighted by molar-refractivity contribution is 7.90. The predicted octanol–water partition coefficient (Wildman–Crippen LogP) is 2.10. The summed E-state index contributed by atoms with van der Waals surface area (Å²) in [6.07, 6.45) is 3.81. The first-order valence-corrected chi connectivity index (χ1v) is 5.64. The normalized spacial score (nSPS) is 14.6. The van der Waals surface area contributed by atoms with Crippen molar-refractivity contribution in [2.75, 3.05) is 0 Å². The van der Waals surface area contributed by atoms with Crippen LogP contribution in [-0.4, -0.2) is 9.30 Å². The summed E-state index contributed by atoms with van der Waals surface area (Å²) in [5.41, 5.74) is 1.09. The summed E-state index contributed by atoms with van der Waals surface area (Å²) in [4.78, 5) is 0. The number of hydrogen-bond donors (Lipinski definition) is 1. The van der Waals surface area contributed by atoms with Crippen LogP contribution in [0.1, 0.15) is 19.4 Å². The van der Waals surface area contributed by atoms with Crippen molar-refractivity contribution in [1.82, 2.24) is 0 Å². The van der Waals surface area contributed by atoms with Gasteiger partial charge in [-0.2, -0.15) is 5.14 Å². The molecule has 14 heavy (non-hydrogen) atoms. The topological polar surface area (TPSA) is 49.1 Å². The number of benzene rings is 1. The van der Waals surface area contributed by atoms with Gasteiger partial charge < -0.3 is 4.55 Å². The minimum atomic E-state index is -1.34. The standard InChI is InChI=1S/C11H15NOS/c1-11(2,14(12)13)9-8-10-6-4-3-5-7-10/h3-9H,12H2,1-2H3/b9-8+. The molecule has 1 rings (SSSR count). The van der Waals surface area contributed by atoms with Gasteiger partial charge in [0.05, 0.1) is 0 Å². The maximum Gasteiger partial charge on any atom is 0.157 e. The Balaban J connectivity index is 2.74. The molecule has 0 saturated heterocycles. The summed E-state index contributed by atoms with van der Waals surface area (Å²) in [5.74, 6) is 0. The van der Waals surface area contributed by atoms with Gasteiger partial charge in [0.25, 0.3) is 0 Å². The molecule has 0 aliphatic carbocycles. The Morgan fingerprint density at radius 2 is 1.86 bits per heavy atom. The Morgan fingerprint density at radius 1 is 1.29 bits per heavy atom. The monoisotopic (exact) mass is 209 g/mol. The molecule has 1 unspecified atom stereocenters. The highest BCUT2D eigenvalue weighted by Gasteiger charge is 2.25. The second-order valence-electron chi connectivity index (χ2n) is 3.64. The fourth-order valence-electron chi connectivity index (χ4n) is 0.928.